The van der Waals surface area contributed by atoms with Crippen molar-refractivity contribution in [3.05, 3.63) is 53.3 Å². The van der Waals surface area contributed by atoms with Crippen LogP contribution in [0.15, 0.2) is 36.7 Å². The van der Waals surface area contributed by atoms with Crippen molar-refractivity contribution in [3.63, 3.8) is 0 Å². The lowest BCUT2D eigenvalue weighted by Crippen LogP contribution is -2.25. The summed E-state index contributed by atoms with van der Waals surface area (Å²) < 4.78 is 5.44. The molecule has 0 atom stereocenters. The van der Waals surface area contributed by atoms with E-state index in [0.717, 1.165) is 28.1 Å². The summed E-state index contributed by atoms with van der Waals surface area (Å²) in [4.78, 5) is 15.4. The number of benzene rings is 1. The highest BCUT2D eigenvalue weighted by molar-refractivity contribution is 5.96. The van der Waals surface area contributed by atoms with E-state index in [1.165, 1.54) is 0 Å². The van der Waals surface area contributed by atoms with Crippen molar-refractivity contribution in [2.75, 3.05) is 11.9 Å². The van der Waals surface area contributed by atoms with E-state index < -0.39 is 0 Å². The number of hydrogen-bond donors (Lipinski definition) is 1. The predicted octanol–water partition coefficient (Wildman–Crippen LogP) is 2.89. The van der Waals surface area contributed by atoms with Crippen LogP contribution >= 0.6 is 0 Å². The van der Waals surface area contributed by atoms with E-state index in [0.29, 0.717) is 0 Å². The van der Waals surface area contributed by atoms with Crippen LogP contribution in [0, 0.1) is 6.92 Å². The highest BCUT2D eigenvalue weighted by Gasteiger charge is 2.17. The van der Waals surface area contributed by atoms with Crippen LogP contribution in [0.4, 0.5) is 5.69 Å². The quantitative estimate of drug-likeness (QED) is 0.909. The highest BCUT2D eigenvalue weighted by atomic mass is 16.5. The number of aryl methyl sites for hydroxylation is 1. The molecule has 3 rings (SSSR count). The number of ether oxygens (including phenoxy) is 1. The number of hydrogen-bond acceptors (Lipinski definition) is 3. The van der Waals surface area contributed by atoms with Gasteiger partial charge in [0.25, 0.3) is 5.91 Å². The number of nitrogens with one attached hydrogen (secondary N) is 1. The molecule has 0 bridgehead atoms. The van der Waals surface area contributed by atoms with Crippen LogP contribution in [0.3, 0.4) is 0 Å². The van der Waals surface area contributed by atoms with E-state index >= 15 is 0 Å². The Morgan fingerprint density at radius 1 is 1.30 bits per heavy atom. The third-order valence-corrected chi connectivity index (χ3v) is 3.07. The maximum absolute atomic E-state index is 11.4. The Morgan fingerprint density at radius 3 is 2.95 bits per heavy atom. The summed E-state index contributed by atoms with van der Waals surface area (Å²) in [5, 5.41) is 2.83. The molecule has 1 aliphatic rings. The molecule has 0 aliphatic carbocycles. The molecule has 100 valence electrons. The lowest BCUT2D eigenvalue weighted by atomic mass is 10.1. The summed E-state index contributed by atoms with van der Waals surface area (Å²) in [5.74, 6) is 0.633. The van der Waals surface area contributed by atoms with Crippen LogP contribution in [-0.4, -0.2) is 17.5 Å². The number of carbonyl (C=O) groups is 1. The van der Waals surface area contributed by atoms with E-state index in [2.05, 4.69) is 10.3 Å². The van der Waals surface area contributed by atoms with Crippen LogP contribution < -0.4 is 10.1 Å². The van der Waals surface area contributed by atoms with Gasteiger partial charge in [0.2, 0.25) is 0 Å². The fourth-order valence-corrected chi connectivity index (χ4v) is 2.17. The summed E-state index contributed by atoms with van der Waals surface area (Å²) >= 11 is 0. The van der Waals surface area contributed by atoms with Crippen LogP contribution in [-0.2, 0) is 4.79 Å². The average molecular weight is 266 g/mol. The number of carbonyl (C=O) groups excluding carboxylic acids is 1. The Hall–Kier alpha value is -2.62. The standard InChI is InChI=1S/C16H14N2O2/c1-11-7-13(5-4-12-3-2-6-17-9-12)8-14-16(11)20-10-15(19)18-14/h2-9H,10H2,1H3,(H,18,19). The SMILES string of the molecule is Cc1cc(C=Cc2cccnc2)cc2c1OCC(=O)N2. The number of rotatable bonds is 2. The van der Waals surface area contributed by atoms with Gasteiger partial charge in [0, 0.05) is 12.4 Å². The largest absolute Gasteiger partial charge is 0.481 e. The Morgan fingerprint density at radius 2 is 2.15 bits per heavy atom. The Balaban J connectivity index is 1.91. The molecule has 0 unspecified atom stereocenters. The fraction of sp³-hybridized carbons (Fsp3) is 0.125. The fourth-order valence-electron chi connectivity index (χ4n) is 2.17. The van der Waals surface area contributed by atoms with Crippen molar-refractivity contribution in [1.82, 2.24) is 4.98 Å². The van der Waals surface area contributed by atoms with Gasteiger partial charge < -0.3 is 10.1 Å². The lowest BCUT2D eigenvalue weighted by Gasteiger charge is -2.20. The number of fused-ring (bicyclic) bond motifs is 1. The number of amides is 1. The maximum atomic E-state index is 11.4. The van der Waals surface area contributed by atoms with E-state index in [1.54, 1.807) is 12.4 Å². The molecule has 20 heavy (non-hydrogen) atoms. The first-order valence-electron chi connectivity index (χ1n) is 6.38. The first-order valence-corrected chi connectivity index (χ1v) is 6.38. The van der Waals surface area contributed by atoms with Gasteiger partial charge in [0.15, 0.2) is 6.61 Å². The molecule has 1 aromatic carbocycles. The van der Waals surface area contributed by atoms with Gasteiger partial charge >= 0.3 is 0 Å². The molecular weight excluding hydrogens is 252 g/mol. The van der Waals surface area contributed by atoms with Crippen LogP contribution in [0.25, 0.3) is 12.2 Å². The minimum Gasteiger partial charge on any atom is -0.481 e. The zero-order valence-electron chi connectivity index (χ0n) is 11.1. The molecule has 1 N–H and O–H groups in total. The van der Waals surface area contributed by atoms with E-state index in [4.69, 9.17) is 4.74 Å². The van der Waals surface area contributed by atoms with E-state index in [-0.39, 0.29) is 12.5 Å². The zero-order chi connectivity index (χ0) is 13.9. The van der Waals surface area contributed by atoms with Gasteiger partial charge in [-0.05, 0) is 41.8 Å². The Kier molecular flexibility index (Phi) is 3.21. The second-order valence-electron chi connectivity index (χ2n) is 4.67. The summed E-state index contributed by atoms with van der Waals surface area (Å²) in [6.45, 7) is 2.05. The van der Waals surface area contributed by atoms with Crippen LogP contribution in [0.2, 0.25) is 0 Å². The van der Waals surface area contributed by atoms with E-state index in [9.17, 15) is 4.79 Å². The average Bonchev–Trinajstić information content (AvgIpc) is 2.46. The second-order valence-corrected chi connectivity index (χ2v) is 4.67. The maximum Gasteiger partial charge on any atom is 0.262 e. The first-order chi connectivity index (χ1) is 9.72. The zero-order valence-corrected chi connectivity index (χ0v) is 11.1. The number of anilines is 1. The minimum absolute atomic E-state index is 0.0821. The molecule has 1 aromatic heterocycles. The van der Waals surface area contributed by atoms with Gasteiger partial charge in [0.05, 0.1) is 5.69 Å². The number of pyridine rings is 1. The third-order valence-electron chi connectivity index (χ3n) is 3.07. The Labute approximate surface area is 117 Å². The van der Waals surface area contributed by atoms with Crippen LogP contribution in [0.1, 0.15) is 16.7 Å². The molecule has 2 heterocycles. The van der Waals surface area contributed by atoms with Gasteiger partial charge in [-0.25, -0.2) is 0 Å². The molecule has 4 heteroatoms. The smallest absolute Gasteiger partial charge is 0.262 e. The highest BCUT2D eigenvalue weighted by Crippen LogP contribution is 2.33. The monoisotopic (exact) mass is 266 g/mol. The summed E-state index contributed by atoms with van der Waals surface area (Å²) in [6, 6.07) is 7.82. The number of nitrogens with zero attached hydrogens (tertiary/aromatic N) is 1. The van der Waals surface area contributed by atoms with Gasteiger partial charge in [-0.3, -0.25) is 9.78 Å². The van der Waals surface area contributed by atoms with Crippen molar-refractivity contribution in [1.29, 1.82) is 0 Å². The van der Waals surface area contributed by atoms with Gasteiger partial charge in [-0.1, -0.05) is 18.2 Å². The topological polar surface area (TPSA) is 51.2 Å². The molecule has 2 aromatic rings. The van der Waals surface area contributed by atoms with Crippen molar-refractivity contribution >= 4 is 23.7 Å². The van der Waals surface area contributed by atoms with Crippen molar-refractivity contribution in [3.8, 4) is 5.75 Å². The lowest BCUT2D eigenvalue weighted by molar-refractivity contribution is -0.118. The van der Waals surface area contributed by atoms with Crippen molar-refractivity contribution in [2.24, 2.45) is 0 Å². The molecule has 4 nitrogen and oxygen atoms in total. The number of aromatic nitrogens is 1. The normalized spacial score (nSPS) is 13.8. The van der Waals surface area contributed by atoms with E-state index in [1.807, 2.05) is 43.3 Å². The Bertz CT molecular complexity index is 678. The molecule has 0 saturated heterocycles. The van der Waals surface area contributed by atoms with Gasteiger partial charge in [-0.2, -0.15) is 0 Å². The van der Waals surface area contributed by atoms with Crippen LogP contribution in [0.5, 0.6) is 5.75 Å². The van der Waals surface area contributed by atoms with Gasteiger partial charge in [-0.15, -0.1) is 0 Å². The molecule has 0 fully saturated rings. The summed E-state index contributed by atoms with van der Waals surface area (Å²) in [5.41, 5.74) is 3.78. The molecule has 0 spiro atoms. The summed E-state index contributed by atoms with van der Waals surface area (Å²) in [6.07, 6.45) is 7.52. The molecule has 0 saturated carbocycles. The third kappa shape index (κ3) is 2.54. The molecule has 1 aliphatic heterocycles. The molecule has 1 amide bonds. The second kappa shape index (κ2) is 5.17. The van der Waals surface area contributed by atoms with Gasteiger partial charge in [0.1, 0.15) is 5.75 Å². The first kappa shape index (κ1) is 12.4. The van der Waals surface area contributed by atoms with Crippen molar-refractivity contribution in [2.45, 2.75) is 6.92 Å². The molecular formula is C16H14N2O2. The minimum atomic E-state index is -0.120. The summed E-state index contributed by atoms with van der Waals surface area (Å²) in [7, 11) is 0. The molecule has 0 radical (unpaired) electrons. The predicted molar refractivity (Wildman–Crippen MR) is 78.5 cm³/mol. The van der Waals surface area contributed by atoms with Crippen molar-refractivity contribution < 1.29 is 9.53 Å².